The van der Waals surface area contributed by atoms with E-state index in [0.29, 0.717) is 22.9 Å². The standard InChI is InChI=1S/C13H12N4O/c14-7-8-1-5-10(6-2-8)17-13(18)11(15)12(16-17)9-3-4-9/h1-2,5-6,9,16H,3-4,15H2. The summed E-state index contributed by atoms with van der Waals surface area (Å²) >= 11 is 0. The molecular weight excluding hydrogens is 228 g/mol. The van der Waals surface area contributed by atoms with Crippen LogP contribution in [0.25, 0.3) is 5.69 Å². The number of nitrogens with zero attached hydrogens (tertiary/aromatic N) is 2. The van der Waals surface area contributed by atoms with E-state index in [1.807, 2.05) is 6.07 Å². The molecule has 5 heteroatoms. The zero-order chi connectivity index (χ0) is 12.7. The Labute approximate surface area is 103 Å². The summed E-state index contributed by atoms with van der Waals surface area (Å²) in [5.41, 5.74) is 8.00. The molecule has 18 heavy (non-hydrogen) atoms. The van der Waals surface area contributed by atoms with Crippen LogP contribution in [0.1, 0.15) is 30.0 Å². The first-order valence-electron chi connectivity index (χ1n) is 5.81. The van der Waals surface area contributed by atoms with Gasteiger partial charge in [-0.2, -0.15) is 5.26 Å². The molecule has 1 fully saturated rings. The van der Waals surface area contributed by atoms with Crippen molar-refractivity contribution in [2.45, 2.75) is 18.8 Å². The Bertz CT molecular complexity index is 683. The third-order valence-corrected chi connectivity index (χ3v) is 3.20. The van der Waals surface area contributed by atoms with Crippen LogP contribution in [0, 0.1) is 11.3 Å². The van der Waals surface area contributed by atoms with E-state index in [9.17, 15) is 4.79 Å². The molecule has 1 aromatic carbocycles. The highest BCUT2D eigenvalue weighted by molar-refractivity contribution is 5.48. The number of hydrogen-bond acceptors (Lipinski definition) is 3. The quantitative estimate of drug-likeness (QED) is 0.833. The highest BCUT2D eigenvalue weighted by atomic mass is 16.1. The first kappa shape index (κ1) is 10.7. The van der Waals surface area contributed by atoms with Gasteiger partial charge in [0.1, 0.15) is 5.69 Å². The van der Waals surface area contributed by atoms with Crippen LogP contribution in [0.5, 0.6) is 0 Å². The molecule has 1 aromatic heterocycles. The Kier molecular flexibility index (Phi) is 2.23. The lowest BCUT2D eigenvalue weighted by atomic mass is 10.2. The predicted molar refractivity (Wildman–Crippen MR) is 67.5 cm³/mol. The van der Waals surface area contributed by atoms with Crippen LogP contribution in [-0.2, 0) is 0 Å². The number of anilines is 1. The van der Waals surface area contributed by atoms with Crippen LogP contribution in [0.4, 0.5) is 5.69 Å². The van der Waals surface area contributed by atoms with Gasteiger partial charge in [0.25, 0.3) is 5.56 Å². The Morgan fingerprint density at radius 3 is 2.56 bits per heavy atom. The van der Waals surface area contributed by atoms with Gasteiger partial charge in [-0.1, -0.05) is 0 Å². The lowest BCUT2D eigenvalue weighted by Crippen LogP contribution is -2.16. The molecule has 5 nitrogen and oxygen atoms in total. The van der Waals surface area contributed by atoms with E-state index < -0.39 is 0 Å². The fourth-order valence-corrected chi connectivity index (χ4v) is 2.02. The van der Waals surface area contributed by atoms with Crippen molar-refractivity contribution in [3.8, 4) is 11.8 Å². The second kappa shape index (κ2) is 3.77. The minimum Gasteiger partial charge on any atom is -0.393 e. The van der Waals surface area contributed by atoms with Crippen molar-refractivity contribution in [2.75, 3.05) is 5.73 Å². The lowest BCUT2D eigenvalue weighted by molar-refractivity contribution is 0.816. The minimum absolute atomic E-state index is 0.221. The summed E-state index contributed by atoms with van der Waals surface area (Å²) in [6, 6.07) is 8.85. The molecule has 0 atom stereocenters. The van der Waals surface area contributed by atoms with E-state index in [-0.39, 0.29) is 5.56 Å². The molecule has 0 amide bonds. The monoisotopic (exact) mass is 240 g/mol. The Morgan fingerprint density at radius 2 is 2.00 bits per heavy atom. The molecule has 0 spiro atoms. The lowest BCUT2D eigenvalue weighted by Gasteiger charge is -2.01. The maximum absolute atomic E-state index is 12.0. The smallest absolute Gasteiger partial charge is 0.294 e. The predicted octanol–water partition coefficient (Wildman–Crippen LogP) is 1.50. The van der Waals surface area contributed by atoms with Gasteiger partial charge in [-0.15, -0.1) is 0 Å². The summed E-state index contributed by atoms with van der Waals surface area (Å²) in [5.74, 6) is 0.400. The molecule has 3 N–H and O–H groups in total. The molecule has 0 bridgehead atoms. The highest BCUT2D eigenvalue weighted by Crippen LogP contribution is 2.40. The van der Waals surface area contributed by atoms with Crippen LogP contribution in [0.15, 0.2) is 29.1 Å². The average Bonchev–Trinajstić information content (AvgIpc) is 3.19. The Balaban J connectivity index is 2.08. The van der Waals surface area contributed by atoms with Crippen molar-refractivity contribution in [3.63, 3.8) is 0 Å². The Hall–Kier alpha value is -2.48. The molecule has 1 heterocycles. The number of aromatic nitrogens is 2. The number of H-pyrrole nitrogens is 1. The van der Waals surface area contributed by atoms with E-state index >= 15 is 0 Å². The first-order valence-corrected chi connectivity index (χ1v) is 5.81. The number of hydrogen-bond donors (Lipinski definition) is 2. The van der Waals surface area contributed by atoms with Gasteiger partial charge in [-0.05, 0) is 37.1 Å². The van der Waals surface area contributed by atoms with Gasteiger partial charge < -0.3 is 5.73 Å². The average molecular weight is 240 g/mol. The van der Waals surface area contributed by atoms with E-state index in [0.717, 1.165) is 18.5 Å². The fourth-order valence-electron chi connectivity index (χ4n) is 2.02. The molecule has 0 saturated heterocycles. The summed E-state index contributed by atoms with van der Waals surface area (Å²) in [4.78, 5) is 12.0. The summed E-state index contributed by atoms with van der Waals surface area (Å²) in [6.07, 6.45) is 2.16. The van der Waals surface area contributed by atoms with Crippen LogP contribution in [0.2, 0.25) is 0 Å². The van der Waals surface area contributed by atoms with Crippen molar-refractivity contribution < 1.29 is 0 Å². The van der Waals surface area contributed by atoms with Crippen LogP contribution in [-0.4, -0.2) is 9.78 Å². The second-order valence-corrected chi connectivity index (χ2v) is 4.51. The van der Waals surface area contributed by atoms with Gasteiger partial charge in [-0.3, -0.25) is 9.89 Å². The van der Waals surface area contributed by atoms with Crippen molar-refractivity contribution >= 4 is 5.69 Å². The highest BCUT2D eigenvalue weighted by Gasteiger charge is 2.29. The van der Waals surface area contributed by atoms with Gasteiger partial charge in [0, 0.05) is 5.92 Å². The molecule has 1 saturated carbocycles. The molecule has 1 aliphatic carbocycles. The molecule has 2 aromatic rings. The summed E-state index contributed by atoms with van der Waals surface area (Å²) in [5, 5.41) is 11.8. The topological polar surface area (TPSA) is 87.6 Å². The first-order chi connectivity index (χ1) is 8.70. The van der Waals surface area contributed by atoms with E-state index in [2.05, 4.69) is 5.10 Å². The number of nitrogens with one attached hydrogen (secondary N) is 1. The normalized spacial score (nSPS) is 14.4. The second-order valence-electron chi connectivity index (χ2n) is 4.51. The number of nitriles is 1. The molecule has 3 rings (SSSR count). The van der Waals surface area contributed by atoms with E-state index in [1.54, 1.807) is 24.3 Å². The third-order valence-electron chi connectivity index (χ3n) is 3.20. The number of rotatable bonds is 2. The fraction of sp³-hybridized carbons (Fsp3) is 0.231. The van der Waals surface area contributed by atoms with E-state index in [1.165, 1.54) is 4.68 Å². The molecular formula is C13H12N4O. The number of nitrogen functional groups attached to an aromatic ring is 1. The summed E-state index contributed by atoms with van der Waals surface area (Å²) in [7, 11) is 0. The van der Waals surface area contributed by atoms with Crippen molar-refractivity contribution in [1.82, 2.24) is 9.78 Å². The van der Waals surface area contributed by atoms with Gasteiger partial charge >= 0.3 is 0 Å². The Morgan fingerprint density at radius 1 is 1.33 bits per heavy atom. The van der Waals surface area contributed by atoms with Crippen molar-refractivity contribution in [2.24, 2.45) is 0 Å². The minimum atomic E-state index is -0.221. The number of aromatic amines is 1. The molecule has 90 valence electrons. The zero-order valence-electron chi connectivity index (χ0n) is 9.68. The van der Waals surface area contributed by atoms with Crippen molar-refractivity contribution in [3.05, 3.63) is 45.9 Å². The van der Waals surface area contributed by atoms with Crippen LogP contribution >= 0.6 is 0 Å². The van der Waals surface area contributed by atoms with Crippen LogP contribution < -0.4 is 11.3 Å². The molecule has 0 radical (unpaired) electrons. The third kappa shape index (κ3) is 1.59. The zero-order valence-corrected chi connectivity index (χ0v) is 9.68. The van der Waals surface area contributed by atoms with Crippen molar-refractivity contribution in [1.29, 1.82) is 5.26 Å². The summed E-state index contributed by atoms with van der Waals surface area (Å²) in [6.45, 7) is 0. The SMILES string of the molecule is N#Cc1ccc(-n2[nH]c(C3CC3)c(N)c2=O)cc1. The van der Waals surface area contributed by atoms with Gasteiger partial charge in [-0.25, -0.2) is 4.68 Å². The molecule has 0 aliphatic heterocycles. The largest absolute Gasteiger partial charge is 0.393 e. The number of benzene rings is 1. The molecule has 0 unspecified atom stereocenters. The van der Waals surface area contributed by atoms with Gasteiger partial charge in [0.2, 0.25) is 0 Å². The maximum atomic E-state index is 12.0. The van der Waals surface area contributed by atoms with Crippen LogP contribution in [0.3, 0.4) is 0 Å². The summed E-state index contributed by atoms with van der Waals surface area (Å²) < 4.78 is 1.43. The maximum Gasteiger partial charge on any atom is 0.294 e. The van der Waals surface area contributed by atoms with E-state index in [4.69, 9.17) is 11.0 Å². The molecule has 1 aliphatic rings. The van der Waals surface area contributed by atoms with Gasteiger partial charge in [0.15, 0.2) is 0 Å². The van der Waals surface area contributed by atoms with Gasteiger partial charge in [0.05, 0.1) is 23.0 Å². The number of nitrogens with two attached hydrogens (primary N) is 1.